The van der Waals surface area contributed by atoms with E-state index < -0.39 is 23.8 Å². The van der Waals surface area contributed by atoms with E-state index in [-0.39, 0.29) is 18.1 Å². The topological polar surface area (TPSA) is 35.5 Å². The largest absolute Gasteiger partial charge is 0.456 e. The molecule has 1 heterocycles. The van der Waals surface area contributed by atoms with Crippen molar-refractivity contribution in [2.24, 2.45) is 23.7 Å². The predicted octanol–water partition coefficient (Wildman–Crippen LogP) is 2.85. The fourth-order valence-electron chi connectivity index (χ4n) is 5.18. The van der Waals surface area contributed by atoms with Crippen molar-refractivity contribution in [3.8, 4) is 0 Å². The van der Waals surface area contributed by atoms with Crippen molar-refractivity contribution in [1.29, 1.82) is 0 Å². The standard InChI is InChI=1S/C15H17F3O3/c1-6(15(16,17)18)14(19)21-12-8-5-9-11-7(8)3-2-4-10(11)20-13(9)12/h7-13H,1-5H2. The summed E-state index contributed by atoms with van der Waals surface area (Å²) in [5.74, 6) is 0.170. The van der Waals surface area contributed by atoms with Crippen molar-refractivity contribution in [2.75, 3.05) is 0 Å². The Morgan fingerprint density at radius 1 is 1.19 bits per heavy atom. The molecule has 7 unspecified atom stereocenters. The van der Waals surface area contributed by atoms with Gasteiger partial charge in [0.15, 0.2) is 0 Å². The first-order chi connectivity index (χ1) is 9.88. The van der Waals surface area contributed by atoms with Crippen LogP contribution >= 0.6 is 0 Å². The molecule has 21 heavy (non-hydrogen) atoms. The molecular formula is C15H17F3O3. The highest BCUT2D eigenvalue weighted by atomic mass is 19.4. The lowest BCUT2D eigenvalue weighted by molar-refractivity contribution is -0.164. The molecule has 0 aromatic rings. The van der Waals surface area contributed by atoms with Crippen LogP contribution in [0.25, 0.3) is 0 Å². The Balaban J connectivity index is 1.53. The van der Waals surface area contributed by atoms with Crippen LogP contribution in [0, 0.1) is 23.7 Å². The molecule has 116 valence electrons. The van der Waals surface area contributed by atoms with Crippen LogP contribution in [0.3, 0.4) is 0 Å². The molecule has 3 saturated carbocycles. The van der Waals surface area contributed by atoms with Crippen LogP contribution in [0.4, 0.5) is 13.2 Å². The Morgan fingerprint density at radius 2 is 1.95 bits per heavy atom. The quantitative estimate of drug-likeness (QED) is 0.581. The minimum atomic E-state index is -4.73. The maximum atomic E-state index is 12.5. The summed E-state index contributed by atoms with van der Waals surface area (Å²) in [5.41, 5.74) is -1.43. The van der Waals surface area contributed by atoms with E-state index in [1.54, 1.807) is 0 Å². The van der Waals surface area contributed by atoms with Gasteiger partial charge in [-0.05, 0) is 37.0 Å². The Hall–Kier alpha value is -1.04. The van der Waals surface area contributed by atoms with E-state index in [2.05, 4.69) is 6.58 Å². The Morgan fingerprint density at radius 3 is 2.67 bits per heavy atom. The molecule has 0 radical (unpaired) electrons. The highest BCUT2D eigenvalue weighted by molar-refractivity contribution is 5.89. The number of esters is 1. The van der Waals surface area contributed by atoms with Gasteiger partial charge in [-0.15, -0.1) is 0 Å². The van der Waals surface area contributed by atoms with Gasteiger partial charge in [-0.2, -0.15) is 13.2 Å². The van der Waals surface area contributed by atoms with Crippen LogP contribution in [0.15, 0.2) is 12.2 Å². The van der Waals surface area contributed by atoms with Crippen LogP contribution < -0.4 is 0 Å². The molecule has 3 aliphatic carbocycles. The fourth-order valence-corrected chi connectivity index (χ4v) is 5.18. The molecule has 0 aromatic heterocycles. The summed E-state index contributed by atoms with van der Waals surface area (Å²) in [7, 11) is 0. The minimum absolute atomic E-state index is 0.167. The second kappa shape index (κ2) is 4.24. The highest BCUT2D eigenvalue weighted by Gasteiger charge is 2.67. The van der Waals surface area contributed by atoms with E-state index in [1.807, 2.05) is 0 Å². The molecule has 0 amide bonds. The van der Waals surface area contributed by atoms with Gasteiger partial charge in [0.05, 0.1) is 12.2 Å². The zero-order valence-electron chi connectivity index (χ0n) is 11.4. The number of carbonyl (C=O) groups excluding carboxylic acids is 1. The van der Waals surface area contributed by atoms with E-state index >= 15 is 0 Å². The summed E-state index contributed by atoms with van der Waals surface area (Å²) in [4.78, 5) is 11.7. The van der Waals surface area contributed by atoms with Crippen molar-refractivity contribution < 1.29 is 27.4 Å². The van der Waals surface area contributed by atoms with Crippen molar-refractivity contribution in [1.82, 2.24) is 0 Å². The first kappa shape index (κ1) is 13.6. The number of hydrogen-bond donors (Lipinski definition) is 0. The van der Waals surface area contributed by atoms with Gasteiger partial charge in [-0.1, -0.05) is 13.0 Å². The lowest BCUT2D eigenvalue weighted by atomic mass is 9.70. The zero-order valence-corrected chi connectivity index (χ0v) is 11.4. The molecule has 4 fully saturated rings. The number of carbonyl (C=O) groups is 1. The van der Waals surface area contributed by atoms with E-state index in [1.165, 1.54) is 0 Å². The number of alkyl halides is 3. The number of rotatable bonds is 2. The van der Waals surface area contributed by atoms with E-state index in [0.717, 1.165) is 25.7 Å². The molecule has 7 atom stereocenters. The Bertz CT molecular complexity index is 501. The van der Waals surface area contributed by atoms with Gasteiger partial charge in [-0.3, -0.25) is 0 Å². The molecule has 4 rings (SSSR count). The van der Waals surface area contributed by atoms with Gasteiger partial charge < -0.3 is 9.47 Å². The van der Waals surface area contributed by atoms with Crippen molar-refractivity contribution in [2.45, 2.75) is 50.2 Å². The monoisotopic (exact) mass is 302 g/mol. The molecule has 4 aliphatic rings. The van der Waals surface area contributed by atoms with Crippen LogP contribution in [0.2, 0.25) is 0 Å². The minimum Gasteiger partial charge on any atom is -0.456 e. The number of hydrogen-bond acceptors (Lipinski definition) is 3. The van der Waals surface area contributed by atoms with E-state index in [9.17, 15) is 18.0 Å². The summed E-state index contributed by atoms with van der Waals surface area (Å²) in [6.45, 7) is 2.82. The Labute approximate surface area is 120 Å². The van der Waals surface area contributed by atoms with Gasteiger partial charge in [0.1, 0.15) is 11.7 Å². The number of halogens is 3. The summed E-state index contributed by atoms with van der Waals surface area (Å²) in [6.07, 6.45) is -1.12. The maximum absolute atomic E-state index is 12.5. The van der Waals surface area contributed by atoms with Gasteiger partial charge in [0, 0.05) is 5.92 Å². The molecule has 3 nitrogen and oxygen atoms in total. The third kappa shape index (κ3) is 1.81. The predicted molar refractivity (Wildman–Crippen MR) is 66.2 cm³/mol. The average molecular weight is 302 g/mol. The third-order valence-electron chi connectivity index (χ3n) is 5.87. The summed E-state index contributed by atoms with van der Waals surface area (Å²) >= 11 is 0. The van der Waals surface area contributed by atoms with Crippen LogP contribution in [0.5, 0.6) is 0 Å². The van der Waals surface area contributed by atoms with Crippen LogP contribution in [0.1, 0.15) is 25.7 Å². The van der Waals surface area contributed by atoms with Gasteiger partial charge in [0.25, 0.3) is 0 Å². The van der Waals surface area contributed by atoms with Crippen molar-refractivity contribution in [3.63, 3.8) is 0 Å². The first-order valence-electron chi connectivity index (χ1n) is 7.50. The average Bonchev–Trinajstić information content (AvgIpc) is 3.04. The van der Waals surface area contributed by atoms with Gasteiger partial charge in [0.2, 0.25) is 0 Å². The molecule has 0 aromatic carbocycles. The lowest BCUT2D eigenvalue weighted by Crippen LogP contribution is -2.42. The van der Waals surface area contributed by atoms with Crippen molar-refractivity contribution >= 4 is 5.97 Å². The Kier molecular flexibility index (Phi) is 2.75. The smallest absolute Gasteiger partial charge is 0.422 e. The van der Waals surface area contributed by atoms with E-state index in [0.29, 0.717) is 17.8 Å². The highest BCUT2D eigenvalue weighted by Crippen LogP contribution is 2.63. The van der Waals surface area contributed by atoms with E-state index in [4.69, 9.17) is 9.47 Å². The van der Waals surface area contributed by atoms with Gasteiger partial charge in [-0.25, -0.2) is 4.79 Å². The molecule has 0 spiro atoms. The molecule has 6 heteroatoms. The lowest BCUT2D eigenvalue weighted by Gasteiger charge is -2.36. The SMILES string of the molecule is C=C(C(=O)OC1C2CC3C1OC1CCCC2C13)C(F)(F)F. The summed E-state index contributed by atoms with van der Waals surface area (Å²) in [5, 5.41) is 0. The first-order valence-corrected chi connectivity index (χ1v) is 7.50. The zero-order chi connectivity index (χ0) is 14.9. The normalized spacial score (nSPS) is 46.7. The summed E-state index contributed by atoms with van der Waals surface area (Å²) in [6, 6.07) is 0. The van der Waals surface area contributed by atoms with Crippen LogP contribution in [-0.2, 0) is 14.3 Å². The second-order valence-corrected chi connectivity index (χ2v) is 6.72. The third-order valence-corrected chi connectivity index (χ3v) is 5.87. The fraction of sp³-hybridized carbons (Fsp3) is 0.800. The number of ether oxygens (including phenoxy) is 2. The molecule has 1 aliphatic heterocycles. The number of fused-ring (bicyclic) bond motifs is 2. The van der Waals surface area contributed by atoms with Crippen LogP contribution in [-0.4, -0.2) is 30.5 Å². The molecule has 2 bridgehead atoms. The second-order valence-electron chi connectivity index (χ2n) is 6.72. The molecular weight excluding hydrogens is 285 g/mol. The molecule has 0 N–H and O–H groups in total. The van der Waals surface area contributed by atoms with Gasteiger partial charge >= 0.3 is 12.1 Å². The molecule has 1 saturated heterocycles. The maximum Gasteiger partial charge on any atom is 0.422 e. The summed E-state index contributed by atoms with van der Waals surface area (Å²) < 4.78 is 48.8. The van der Waals surface area contributed by atoms with Crippen molar-refractivity contribution in [3.05, 3.63) is 12.2 Å².